The monoisotopic (exact) mass is 672 g/mol. The second-order valence-electron chi connectivity index (χ2n) is 15.1. The fourth-order valence-corrected chi connectivity index (χ4v) is 7.10. The van der Waals surface area contributed by atoms with Crippen molar-refractivity contribution in [3.05, 3.63) is 107 Å². The molecule has 8 nitrogen and oxygen atoms in total. The van der Waals surface area contributed by atoms with E-state index in [1.807, 2.05) is 48.8 Å². The Kier molecular flexibility index (Phi) is 10.5. The summed E-state index contributed by atoms with van der Waals surface area (Å²) in [5.41, 5.74) is 6.70. The fourth-order valence-electron chi connectivity index (χ4n) is 7.10. The number of carbonyl (C=O) groups excluding carboxylic acids is 2. The van der Waals surface area contributed by atoms with Gasteiger partial charge >= 0.3 is 5.97 Å². The van der Waals surface area contributed by atoms with Gasteiger partial charge in [0.15, 0.2) is 5.82 Å². The summed E-state index contributed by atoms with van der Waals surface area (Å²) in [7, 11) is 0. The molecular formula is C42H48N4O4. The Hall–Kier alpha value is -4.85. The van der Waals surface area contributed by atoms with Crippen molar-refractivity contribution < 1.29 is 19.5 Å². The third-order valence-electron chi connectivity index (χ3n) is 10.6. The number of carboxylic acids is 1. The molecule has 2 aliphatic rings. The van der Waals surface area contributed by atoms with Crippen LogP contribution in [0.4, 0.5) is 0 Å². The van der Waals surface area contributed by atoms with Gasteiger partial charge in [-0.1, -0.05) is 94.8 Å². The standard InChI is InChI=1S/C42H48N4O4/c1-5-27-6-10-29(11-7-27)30-14-16-31(17-15-30)34-23-43-38(44-24-34)32-12-8-28(9-13-32)22-37(40(48)46-25-35(26-46)41(49)50)45-39(47)33-18-20-36(21-19-33)42(2,3)4/h8-9,12-21,23-24,27,29,35,37H,5-7,10-11,22,25-26H2,1-4H3,(H,45,47)(H,49,50)/t27?,29?,37-/m0/s1. The largest absolute Gasteiger partial charge is 0.481 e. The summed E-state index contributed by atoms with van der Waals surface area (Å²) in [6.07, 6.45) is 10.5. The topological polar surface area (TPSA) is 112 Å². The van der Waals surface area contributed by atoms with Crippen LogP contribution in [0, 0.1) is 11.8 Å². The van der Waals surface area contributed by atoms with Crippen molar-refractivity contribution in [1.29, 1.82) is 0 Å². The maximum Gasteiger partial charge on any atom is 0.310 e. The van der Waals surface area contributed by atoms with Crippen LogP contribution in [0.3, 0.4) is 0 Å². The van der Waals surface area contributed by atoms with E-state index in [1.54, 1.807) is 12.1 Å². The van der Waals surface area contributed by atoms with Gasteiger partial charge in [-0.05, 0) is 77.3 Å². The van der Waals surface area contributed by atoms with Crippen molar-refractivity contribution in [3.8, 4) is 22.5 Å². The number of nitrogens with one attached hydrogen (secondary N) is 1. The molecule has 6 rings (SSSR count). The van der Waals surface area contributed by atoms with E-state index in [-0.39, 0.29) is 36.7 Å². The van der Waals surface area contributed by atoms with Crippen molar-refractivity contribution in [2.24, 2.45) is 11.8 Å². The maximum absolute atomic E-state index is 13.5. The highest BCUT2D eigenvalue weighted by atomic mass is 16.4. The highest BCUT2D eigenvalue weighted by Gasteiger charge is 2.39. The Balaban J connectivity index is 1.11. The fraction of sp³-hybridized carbons (Fsp3) is 0.405. The van der Waals surface area contributed by atoms with E-state index in [0.29, 0.717) is 17.3 Å². The molecule has 0 bridgehead atoms. The highest BCUT2D eigenvalue weighted by molar-refractivity contribution is 5.98. The number of carbonyl (C=O) groups is 3. The maximum atomic E-state index is 13.5. The molecule has 2 fully saturated rings. The van der Waals surface area contributed by atoms with Crippen LogP contribution in [-0.4, -0.2) is 56.9 Å². The predicted molar refractivity (Wildman–Crippen MR) is 196 cm³/mol. The normalized spacial score (nSPS) is 18.6. The third kappa shape index (κ3) is 8.12. The van der Waals surface area contributed by atoms with Gasteiger partial charge in [-0.25, -0.2) is 9.97 Å². The second kappa shape index (κ2) is 15.0. The molecule has 0 unspecified atom stereocenters. The molecule has 3 aromatic carbocycles. The van der Waals surface area contributed by atoms with Crippen LogP contribution < -0.4 is 5.32 Å². The van der Waals surface area contributed by atoms with E-state index >= 15 is 0 Å². The first-order valence-corrected chi connectivity index (χ1v) is 17.9. The van der Waals surface area contributed by atoms with Gasteiger partial charge < -0.3 is 15.3 Å². The van der Waals surface area contributed by atoms with Gasteiger partial charge in [0.25, 0.3) is 5.91 Å². The summed E-state index contributed by atoms with van der Waals surface area (Å²) < 4.78 is 0. The van der Waals surface area contributed by atoms with Crippen LogP contribution in [-0.2, 0) is 21.4 Å². The average molecular weight is 673 g/mol. The molecule has 0 spiro atoms. The number of rotatable bonds is 10. The molecule has 1 aliphatic heterocycles. The van der Waals surface area contributed by atoms with Gasteiger partial charge in [0.2, 0.25) is 5.91 Å². The van der Waals surface area contributed by atoms with Crippen molar-refractivity contribution in [1.82, 2.24) is 20.2 Å². The first kappa shape index (κ1) is 35.0. The first-order chi connectivity index (χ1) is 24.0. The average Bonchev–Trinajstić information content (AvgIpc) is 3.10. The SMILES string of the molecule is CCC1CCC(c2ccc(-c3cnc(-c4ccc(C[C@H](NC(=O)c5ccc(C(C)(C)C)cc5)C(=O)N5CC(C(=O)O)C5)cc4)nc3)cc2)CC1. The lowest BCUT2D eigenvalue weighted by Gasteiger charge is -2.39. The summed E-state index contributed by atoms with van der Waals surface area (Å²) in [5.74, 6) is 0.00490. The zero-order chi connectivity index (χ0) is 35.4. The van der Waals surface area contributed by atoms with E-state index in [4.69, 9.17) is 0 Å². The molecule has 2 amide bonds. The van der Waals surface area contributed by atoms with Gasteiger partial charge in [-0.15, -0.1) is 0 Å². The number of aromatic nitrogens is 2. The molecular weight excluding hydrogens is 624 g/mol. The number of hydrogen-bond acceptors (Lipinski definition) is 5. The molecule has 2 N–H and O–H groups in total. The van der Waals surface area contributed by atoms with Crippen LogP contribution in [0.1, 0.15) is 92.8 Å². The lowest BCUT2D eigenvalue weighted by molar-refractivity contribution is -0.153. The Labute approximate surface area is 295 Å². The van der Waals surface area contributed by atoms with E-state index in [1.165, 1.54) is 42.6 Å². The van der Waals surface area contributed by atoms with Gasteiger partial charge in [-0.2, -0.15) is 0 Å². The Bertz CT molecular complexity index is 1780. The van der Waals surface area contributed by atoms with Crippen molar-refractivity contribution >= 4 is 17.8 Å². The summed E-state index contributed by atoms with van der Waals surface area (Å²) in [6.45, 7) is 8.90. The molecule has 1 atom stereocenters. The minimum Gasteiger partial charge on any atom is -0.481 e. The number of likely N-dealkylation sites (tertiary alicyclic amines) is 1. The molecule has 1 saturated heterocycles. The Morgan fingerprint density at radius 3 is 1.98 bits per heavy atom. The van der Waals surface area contributed by atoms with Gasteiger partial charge in [0, 0.05) is 48.6 Å². The van der Waals surface area contributed by atoms with Crippen molar-refractivity contribution in [2.75, 3.05) is 13.1 Å². The summed E-state index contributed by atoms with van der Waals surface area (Å²) >= 11 is 0. The smallest absolute Gasteiger partial charge is 0.310 e. The quantitative estimate of drug-likeness (QED) is 0.179. The van der Waals surface area contributed by atoms with Crippen molar-refractivity contribution in [3.63, 3.8) is 0 Å². The van der Waals surface area contributed by atoms with Crippen LogP contribution in [0.25, 0.3) is 22.5 Å². The number of benzene rings is 3. The minimum atomic E-state index is -0.919. The summed E-state index contributed by atoms with van der Waals surface area (Å²) in [5, 5.41) is 12.2. The third-order valence-corrected chi connectivity index (χ3v) is 10.6. The molecule has 0 radical (unpaired) electrons. The number of nitrogens with zero attached hydrogens (tertiary/aromatic N) is 3. The minimum absolute atomic E-state index is 0.0515. The Morgan fingerprint density at radius 2 is 1.42 bits per heavy atom. The van der Waals surface area contributed by atoms with E-state index in [2.05, 4.69) is 67.2 Å². The molecule has 50 heavy (non-hydrogen) atoms. The zero-order valence-electron chi connectivity index (χ0n) is 29.6. The lowest BCUT2D eigenvalue weighted by Crippen LogP contribution is -2.59. The number of amides is 2. The highest BCUT2D eigenvalue weighted by Crippen LogP contribution is 2.37. The van der Waals surface area contributed by atoms with Gasteiger partial charge in [0.05, 0.1) is 5.92 Å². The molecule has 2 heterocycles. The number of aliphatic carboxylic acids is 1. The summed E-state index contributed by atoms with van der Waals surface area (Å²) in [6, 6.07) is 23.1. The second-order valence-corrected chi connectivity index (χ2v) is 15.1. The van der Waals surface area contributed by atoms with Crippen LogP contribution >= 0.6 is 0 Å². The van der Waals surface area contributed by atoms with Gasteiger partial charge in [-0.3, -0.25) is 14.4 Å². The summed E-state index contributed by atoms with van der Waals surface area (Å²) in [4.78, 5) is 49.0. The zero-order valence-corrected chi connectivity index (χ0v) is 29.6. The lowest BCUT2D eigenvalue weighted by atomic mass is 9.78. The van der Waals surface area contributed by atoms with Crippen LogP contribution in [0.2, 0.25) is 0 Å². The molecule has 260 valence electrons. The molecule has 4 aromatic rings. The molecule has 8 heteroatoms. The Morgan fingerprint density at radius 1 is 0.820 bits per heavy atom. The van der Waals surface area contributed by atoms with E-state index in [0.717, 1.165) is 33.7 Å². The van der Waals surface area contributed by atoms with E-state index in [9.17, 15) is 19.5 Å². The van der Waals surface area contributed by atoms with Crippen LogP contribution in [0.15, 0.2) is 85.2 Å². The van der Waals surface area contributed by atoms with Crippen molar-refractivity contribution in [2.45, 2.75) is 83.6 Å². The molecule has 1 saturated carbocycles. The number of carboxylic acid groups (broad SMARTS) is 1. The first-order valence-electron chi connectivity index (χ1n) is 17.9. The molecule has 1 aromatic heterocycles. The number of hydrogen-bond donors (Lipinski definition) is 2. The molecule has 1 aliphatic carbocycles. The van der Waals surface area contributed by atoms with E-state index < -0.39 is 17.9 Å². The van der Waals surface area contributed by atoms with Crippen LogP contribution in [0.5, 0.6) is 0 Å². The van der Waals surface area contributed by atoms with Gasteiger partial charge in [0.1, 0.15) is 6.04 Å². The predicted octanol–water partition coefficient (Wildman–Crippen LogP) is 7.68.